The van der Waals surface area contributed by atoms with Crippen LogP contribution in [0.4, 0.5) is 0 Å². The van der Waals surface area contributed by atoms with E-state index in [9.17, 15) is 4.79 Å². The molecule has 0 atom stereocenters. The summed E-state index contributed by atoms with van der Waals surface area (Å²) in [6, 6.07) is 0.427. The maximum atomic E-state index is 10.6. The van der Waals surface area contributed by atoms with Crippen molar-refractivity contribution in [2.75, 3.05) is 0 Å². The van der Waals surface area contributed by atoms with Gasteiger partial charge in [0.25, 0.3) is 0 Å². The van der Waals surface area contributed by atoms with Crippen LogP contribution >= 0.6 is 0 Å². The van der Waals surface area contributed by atoms with Crippen LogP contribution in [0.1, 0.15) is 19.5 Å². The molecule has 0 radical (unpaired) electrons. The van der Waals surface area contributed by atoms with Crippen LogP contribution in [0.15, 0.2) is 12.5 Å². The van der Waals surface area contributed by atoms with Crippen molar-refractivity contribution in [3.63, 3.8) is 0 Å². The number of imidazole rings is 1. The second-order valence-corrected chi connectivity index (χ2v) is 3.54. The number of aromatic nitrogens is 2. The number of rotatable bonds is 5. The molecular weight excluding hydrogens is 180 g/mol. The van der Waals surface area contributed by atoms with Gasteiger partial charge in [0.1, 0.15) is 6.54 Å². The van der Waals surface area contributed by atoms with Crippen LogP contribution < -0.4 is 11.1 Å². The van der Waals surface area contributed by atoms with Crippen molar-refractivity contribution in [2.24, 2.45) is 5.73 Å². The van der Waals surface area contributed by atoms with Crippen LogP contribution in [0.3, 0.4) is 0 Å². The highest BCUT2D eigenvalue weighted by molar-refractivity contribution is 5.73. The molecule has 0 aromatic carbocycles. The standard InChI is InChI=1S/C9H16N4O/c1-7(2)11-3-8-4-13(6-12-8)5-9(10)14/h4,6-7,11H,3,5H2,1-2H3,(H2,10,14). The number of carbonyl (C=O) groups excluding carboxylic acids is 1. The molecule has 1 rings (SSSR count). The van der Waals surface area contributed by atoms with Crippen molar-refractivity contribution in [3.8, 4) is 0 Å². The molecule has 0 spiro atoms. The second kappa shape index (κ2) is 4.76. The Morgan fingerprint density at radius 3 is 3.00 bits per heavy atom. The van der Waals surface area contributed by atoms with Gasteiger partial charge in [-0.15, -0.1) is 0 Å². The van der Waals surface area contributed by atoms with Crippen LogP contribution in [-0.4, -0.2) is 21.5 Å². The molecule has 0 aliphatic heterocycles. The van der Waals surface area contributed by atoms with Crippen LogP contribution in [0, 0.1) is 0 Å². The number of hydrogen-bond donors (Lipinski definition) is 2. The molecule has 0 bridgehead atoms. The average molecular weight is 196 g/mol. The van der Waals surface area contributed by atoms with Crippen LogP contribution in [0.5, 0.6) is 0 Å². The highest BCUT2D eigenvalue weighted by Crippen LogP contribution is 1.96. The van der Waals surface area contributed by atoms with Gasteiger partial charge in [0.05, 0.1) is 12.0 Å². The summed E-state index contributed by atoms with van der Waals surface area (Å²) in [4.78, 5) is 14.7. The van der Waals surface area contributed by atoms with E-state index in [-0.39, 0.29) is 12.5 Å². The fourth-order valence-corrected chi connectivity index (χ4v) is 1.07. The van der Waals surface area contributed by atoms with Crippen LogP contribution in [0.2, 0.25) is 0 Å². The Morgan fingerprint density at radius 2 is 2.43 bits per heavy atom. The lowest BCUT2D eigenvalue weighted by Crippen LogP contribution is -2.22. The predicted octanol–water partition coefficient (Wildman–Crippen LogP) is -0.134. The zero-order chi connectivity index (χ0) is 10.6. The topological polar surface area (TPSA) is 72.9 Å². The summed E-state index contributed by atoms with van der Waals surface area (Å²) >= 11 is 0. The smallest absolute Gasteiger partial charge is 0.237 e. The Kier molecular flexibility index (Phi) is 3.64. The summed E-state index contributed by atoms with van der Waals surface area (Å²) in [5.41, 5.74) is 5.97. The van der Waals surface area contributed by atoms with Gasteiger partial charge in [-0.1, -0.05) is 13.8 Å². The molecule has 0 saturated heterocycles. The second-order valence-electron chi connectivity index (χ2n) is 3.54. The number of hydrogen-bond acceptors (Lipinski definition) is 3. The van der Waals surface area contributed by atoms with Gasteiger partial charge in [0, 0.05) is 18.8 Å². The summed E-state index contributed by atoms with van der Waals surface area (Å²) in [7, 11) is 0. The Balaban J connectivity index is 2.46. The zero-order valence-electron chi connectivity index (χ0n) is 8.53. The predicted molar refractivity (Wildman–Crippen MR) is 53.4 cm³/mol. The van der Waals surface area contributed by atoms with Crippen molar-refractivity contribution in [1.82, 2.24) is 14.9 Å². The fraction of sp³-hybridized carbons (Fsp3) is 0.556. The molecule has 5 heteroatoms. The van der Waals surface area contributed by atoms with E-state index in [1.54, 1.807) is 10.9 Å². The Bertz CT molecular complexity index is 306. The first-order valence-electron chi connectivity index (χ1n) is 4.60. The highest BCUT2D eigenvalue weighted by atomic mass is 16.1. The molecular formula is C9H16N4O. The monoisotopic (exact) mass is 196 g/mol. The minimum Gasteiger partial charge on any atom is -0.368 e. The third-order valence-corrected chi connectivity index (χ3v) is 1.72. The lowest BCUT2D eigenvalue weighted by atomic mass is 10.3. The molecule has 0 unspecified atom stereocenters. The molecule has 0 saturated carbocycles. The Morgan fingerprint density at radius 1 is 1.71 bits per heavy atom. The first-order valence-corrected chi connectivity index (χ1v) is 4.60. The van der Waals surface area contributed by atoms with Crippen molar-refractivity contribution < 1.29 is 4.79 Å². The van der Waals surface area contributed by atoms with E-state index in [1.165, 1.54) is 0 Å². The molecule has 14 heavy (non-hydrogen) atoms. The van der Waals surface area contributed by atoms with Crippen molar-refractivity contribution in [3.05, 3.63) is 18.2 Å². The van der Waals surface area contributed by atoms with E-state index in [0.717, 1.165) is 5.69 Å². The molecule has 5 nitrogen and oxygen atoms in total. The number of nitrogens with one attached hydrogen (secondary N) is 1. The molecule has 0 aliphatic carbocycles. The largest absolute Gasteiger partial charge is 0.368 e. The van der Waals surface area contributed by atoms with Gasteiger partial charge in [-0.25, -0.2) is 4.98 Å². The molecule has 3 N–H and O–H groups in total. The first-order chi connectivity index (χ1) is 6.58. The van der Waals surface area contributed by atoms with E-state index >= 15 is 0 Å². The van der Waals surface area contributed by atoms with E-state index in [4.69, 9.17) is 5.73 Å². The van der Waals surface area contributed by atoms with E-state index < -0.39 is 0 Å². The van der Waals surface area contributed by atoms with Gasteiger partial charge in [-0.2, -0.15) is 0 Å². The zero-order valence-corrected chi connectivity index (χ0v) is 8.53. The maximum absolute atomic E-state index is 10.6. The molecule has 1 heterocycles. The molecule has 78 valence electrons. The van der Waals surface area contributed by atoms with Gasteiger partial charge in [-0.3, -0.25) is 4.79 Å². The van der Waals surface area contributed by atoms with Gasteiger partial charge >= 0.3 is 0 Å². The summed E-state index contributed by atoms with van der Waals surface area (Å²) in [5, 5.41) is 3.24. The van der Waals surface area contributed by atoms with Crippen molar-refractivity contribution in [2.45, 2.75) is 33.0 Å². The van der Waals surface area contributed by atoms with Crippen molar-refractivity contribution in [1.29, 1.82) is 0 Å². The minimum atomic E-state index is -0.356. The van der Waals surface area contributed by atoms with E-state index in [0.29, 0.717) is 12.6 Å². The summed E-state index contributed by atoms with van der Waals surface area (Å²) in [6.07, 6.45) is 3.43. The molecule has 1 aromatic rings. The van der Waals surface area contributed by atoms with Crippen molar-refractivity contribution >= 4 is 5.91 Å². The number of amides is 1. The first kappa shape index (κ1) is 10.7. The third kappa shape index (κ3) is 3.57. The molecule has 1 amide bonds. The lowest BCUT2D eigenvalue weighted by molar-refractivity contribution is -0.118. The summed E-state index contributed by atoms with van der Waals surface area (Å²) in [5.74, 6) is -0.356. The minimum absolute atomic E-state index is 0.189. The van der Waals surface area contributed by atoms with E-state index in [1.807, 2.05) is 6.20 Å². The molecule has 0 fully saturated rings. The summed E-state index contributed by atoms with van der Waals surface area (Å²) < 4.78 is 1.68. The number of nitrogens with two attached hydrogens (primary N) is 1. The van der Waals surface area contributed by atoms with Gasteiger partial charge in [0.2, 0.25) is 5.91 Å². The number of carbonyl (C=O) groups is 1. The maximum Gasteiger partial charge on any atom is 0.237 e. The Hall–Kier alpha value is -1.36. The highest BCUT2D eigenvalue weighted by Gasteiger charge is 2.01. The SMILES string of the molecule is CC(C)NCc1cn(CC(N)=O)cn1. The van der Waals surface area contributed by atoms with Gasteiger partial charge in [0.15, 0.2) is 0 Å². The van der Waals surface area contributed by atoms with E-state index in [2.05, 4.69) is 24.1 Å². The van der Waals surface area contributed by atoms with Crippen LogP contribution in [0.25, 0.3) is 0 Å². The number of nitrogens with zero attached hydrogens (tertiary/aromatic N) is 2. The number of primary amides is 1. The average Bonchev–Trinajstić information content (AvgIpc) is 2.47. The van der Waals surface area contributed by atoms with Gasteiger partial charge < -0.3 is 15.6 Å². The quantitative estimate of drug-likeness (QED) is 0.688. The normalized spacial score (nSPS) is 10.8. The third-order valence-electron chi connectivity index (χ3n) is 1.72. The Labute approximate surface area is 83.3 Å². The lowest BCUT2D eigenvalue weighted by Gasteiger charge is -2.04. The van der Waals surface area contributed by atoms with Crippen LogP contribution in [-0.2, 0) is 17.9 Å². The molecule has 1 aromatic heterocycles. The molecule has 0 aliphatic rings. The summed E-state index contributed by atoms with van der Waals surface area (Å²) in [6.45, 7) is 5.04. The fourth-order valence-electron chi connectivity index (χ4n) is 1.07. The van der Waals surface area contributed by atoms with Gasteiger partial charge in [-0.05, 0) is 0 Å².